The van der Waals surface area contributed by atoms with Gasteiger partial charge in [-0.05, 0) is 66.6 Å². The van der Waals surface area contributed by atoms with Crippen LogP contribution in [-0.4, -0.2) is 15.0 Å². The molecule has 0 atom stereocenters. The molecular weight excluding hydrogens is 669 g/mol. The first kappa shape index (κ1) is 32.4. The molecule has 0 saturated carbocycles. The smallest absolute Gasteiger partial charge is 0.191 e. The van der Waals surface area contributed by atoms with Crippen LogP contribution in [0.3, 0.4) is 0 Å². The Kier molecular flexibility index (Phi) is 7.50. The number of fused-ring (bicyclic) bond motifs is 6. The molecule has 0 bridgehead atoms. The van der Waals surface area contributed by atoms with Crippen molar-refractivity contribution in [2.75, 3.05) is 0 Å². The molecule has 0 unspecified atom stereocenters. The summed E-state index contributed by atoms with van der Waals surface area (Å²) in [5, 5.41) is 4.56. The lowest BCUT2D eigenvalue weighted by Gasteiger charge is -2.23. The van der Waals surface area contributed by atoms with Crippen LogP contribution in [-0.2, 0) is 5.41 Å². The van der Waals surface area contributed by atoms with E-state index in [-0.39, 0.29) is 5.41 Å². The fourth-order valence-electron chi connectivity index (χ4n) is 8.55. The molecule has 1 aliphatic carbocycles. The maximum Gasteiger partial charge on any atom is 0.191 e. The zero-order valence-corrected chi connectivity index (χ0v) is 30.5. The molecule has 1 aliphatic rings. The lowest BCUT2D eigenvalue weighted by atomic mass is 9.80. The third-order valence-corrected chi connectivity index (χ3v) is 11.1. The fraction of sp³-hybridized carbons (Fsp3) is 0.0588. The van der Waals surface area contributed by atoms with Crippen molar-refractivity contribution in [1.29, 1.82) is 0 Å². The van der Waals surface area contributed by atoms with Gasteiger partial charge in [0.15, 0.2) is 23.2 Å². The molecule has 0 amide bonds. The first-order chi connectivity index (χ1) is 27.0. The molecule has 8 aromatic carbocycles. The summed E-state index contributed by atoms with van der Waals surface area (Å²) < 4.78 is 0. The molecule has 1 heterocycles. The zero-order valence-electron chi connectivity index (χ0n) is 30.5. The molecule has 0 radical (unpaired) electrons. The van der Waals surface area contributed by atoms with Gasteiger partial charge in [-0.25, -0.2) is 19.8 Å². The summed E-state index contributed by atoms with van der Waals surface area (Å²) in [6, 6.07) is 59.3. The molecular formula is C51H34N4. The summed E-state index contributed by atoms with van der Waals surface area (Å²) >= 11 is 0. The zero-order chi connectivity index (χ0) is 37.1. The summed E-state index contributed by atoms with van der Waals surface area (Å²) in [5.74, 6) is 1.90. The topological polar surface area (TPSA) is 43.0 Å². The Morgan fingerprint density at radius 1 is 0.418 bits per heavy atom. The van der Waals surface area contributed by atoms with Crippen LogP contribution in [0.4, 0.5) is 5.69 Å². The Morgan fingerprint density at radius 3 is 1.53 bits per heavy atom. The van der Waals surface area contributed by atoms with Crippen molar-refractivity contribution < 1.29 is 0 Å². The van der Waals surface area contributed by atoms with E-state index >= 15 is 0 Å². The van der Waals surface area contributed by atoms with Crippen LogP contribution in [0.25, 0.3) is 93.9 Å². The van der Waals surface area contributed by atoms with Gasteiger partial charge in [0, 0.05) is 27.7 Å². The third kappa shape index (κ3) is 5.24. The van der Waals surface area contributed by atoms with Crippen molar-refractivity contribution in [1.82, 2.24) is 15.0 Å². The lowest BCUT2D eigenvalue weighted by molar-refractivity contribution is 0.663. The molecule has 4 heteroatoms. The van der Waals surface area contributed by atoms with Crippen LogP contribution in [0.1, 0.15) is 25.0 Å². The van der Waals surface area contributed by atoms with Crippen molar-refractivity contribution in [2.45, 2.75) is 19.3 Å². The van der Waals surface area contributed by atoms with E-state index in [9.17, 15) is 0 Å². The SMILES string of the molecule is [C-]#[N+]c1cccc2c1C(C)(C)c1cc(-c3ccc(-c4c(-c5nc(-c6ccccc6)nc(-c6ccccc6)n5)c5ccccc5c5ccccc45)cc3)ccc1-2. The van der Waals surface area contributed by atoms with Crippen molar-refractivity contribution in [3.05, 3.63) is 192 Å². The molecule has 258 valence electrons. The van der Waals surface area contributed by atoms with E-state index in [0.717, 1.165) is 71.9 Å². The highest BCUT2D eigenvalue weighted by Gasteiger charge is 2.37. The number of benzene rings is 8. The summed E-state index contributed by atoms with van der Waals surface area (Å²) in [4.78, 5) is 19.4. The highest BCUT2D eigenvalue weighted by atomic mass is 15.0. The van der Waals surface area contributed by atoms with Crippen LogP contribution in [0.2, 0.25) is 0 Å². The maximum atomic E-state index is 7.84. The molecule has 10 rings (SSSR count). The summed E-state index contributed by atoms with van der Waals surface area (Å²) in [6.45, 7) is 12.3. The van der Waals surface area contributed by atoms with E-state index in [2.05, 4.69) is 140 Å². The van der Waals surface area contributed by atoms with Gasteiger partial charge in [-0.15, -0.1) is 0 Å². The van der Waals surface area contributed by atoms with Gasteiger partial charge in [-0.3, -0.25) is 0 Å². The van der Waals surface area contributed by atoms with Crippen molar-refractivity contribution >= 4 is 27.2 Å². The average molecular weight is 703 g/mol. The minimum Gasteiger partial charge on any atom is -0.238 e. The Hall–Kier alpha value is -7.22. The van der Waals surface area contributed by atoms with Gasteiger partial charge in [0.2, 0.25) is 0 Å². The van der Waals surface area contributed by atoms with Crippen LogP contribution < -0.4 is 0 Å². The van der Waals surface area contributed by atoms with E-state index in [4.69, 9.17) is 21.5 Å². The van der Waals surface area contributed by atoms with Gasteiger partial charge in [-0.1, -0.05) is 178 Å². The fourth-order valence-corrected chi connectivity index (χ4v) is 8.55. The summed E-state index contributed by atoms with van der Waals surface area (Å²) in [7, 11) is 0. The Bertz CT molecular complexity index is 2940. The first-order valence-corrected chi connectivity index (χ1v) is 18.6. The second-order valence-electron chi connectivity index (χ2n) is 14.7. The minimum absolute atomic E-state index is 0.275. The van der Waals surface area contributed by atoms with Crippen molar-refractivity contribution in [2.24, 2.45) is 0 Å². The maximum absolute atomic E-state index is 7.84. The van der Waals surface area contributed by atoms with E-state index in [1.807, 2.05) is 48.5 Å². The predicted octanol–water partition coefficient (Wildman–Crippen LogP) is 13.4. The van der Waals surface area contributed by atoms with E-state index in [1.165, 1.54) is 16.5 Å². The van der Waals surface area contributed by atoms with Gasteiger partial charge in [-0.2, -0.15) is 0 Å². The van der Waals surface area contributed by atoms with Gasteiger partial charge in [0.25, 0.3) is 0 Å². The molecule has 1 aromatic heterocycles. The van der Waals surface area contributed by atoms with E-state index in [1.54, 1.807) is 0 Å². The third-order valence-electron chi connectivity index (χ3n) is 11.1. The quantitative estimate of drug-likeness (QED) is 0.132. The normalized spacial score (nSPS) is 12.7. The van der Waals surface area contributed by atoms with Crippen LogP contribution in [0, 0.1) is 6.57 Å². The van der Waals surface area contributed by atoms with Gasteiger partial charge >= 0.3 is 0 Å². The van der Waals surface area contributed by atoms with Crippen LogP contribution >= 0.6 is 0 Å². The second-order valence-corrected chi connectivity index (χ2v) is 14.7. The van der Waals surface area contributed by atoms with E-state index < -0.39 is 0 Å². The molecule has 4 nitrogen and oxygen atoms in total. The highest BCUT2D eigenvalue weighted by Crippen LogP contribution is 2.53. The van der Waals surface area contributed by atoms with Gasteiger partial charge in [0.05, 0.1) is 6.57 Å². The molecule has 0 fully saturated rings. The number of nitrogens with zero attached hydrogens (tertiary/aromatic N) is 4. The molecule has 9 aromatic rings. The van der Waals surface area contributed by atoms with Crippen LogP contribution in [0.15, 0.2) is 170 Å². The number of hydrogen-bond donors (Lipinski definition) is 0. The molecule has 0 aliphatic heterocycles. The predicted molar refractivity (Wildman–Crippen MR) is 226 cm³/mol. The number of aromatic nitrogens is 3. The monoisotopic (exact) mass is 702 g/mol. The lowest BCUT2D eigenvalue weighted by Crippen LogP contribution is -2.15. The molecule has 0 N–H and O–H groups in total. The first-order valence-electron chi connectivity index (χ1n) is 18.6. The minimum atomic E-state index is -0.275. The van der Waals surface area contributed by atoms with Gasteiger partial charge in [0.1, 0.15) is 0 Å². The second kappa shape index (κ2) is 12.7. The van der Waals surface area contributed by atoms with Crippen LogP contribution in [0.5, 0.6) is 0 Å². The van der Waals surface area contributed by atoms with E-state index in [0.29, 0.717) is 17.5 Å². The molecule has 55 heavy (non-hydrogen) atoms. The van der Waals surface area contributed by atoms with Gasteiger partial charge < -0.3 is 0 Å². The average Bonchev–Trinajstić information content (AvgIpc) is 3.49. The largest absolute Gasteiger partial charge is 0.238 e. The van der Waals surface area contributed by atoms with Crippen molar-refractivity contribution in [3.63, 3.8) is 0 Å². The summed E-state index contributed by atoms with van der Waals surface area (Å²) in [5.41, 5.74) is 12.5. The highest BCUT2D eigenvalue weighted by molar-refractivity contribution is 6.21. The number of rotatable bonds is 5. The Morgan fingerprint density at radius 2 is 0.927 bits per heavy atom. The summed E-state index contributed by atoms with van der Waals surface area (Å²) in [6.07, 6.45) is 0. The molecule has 0 spiro atoms. The standard InChI is InChI=1S/C51H34N4/c1-51(2)43-31-36(29-30-39(43)42-23-14-24-44(52-3)47(42)51)32-25-27-33(28-26-32)45-40-21-12-10-19-37(40)38-20-11-13-22-41(38)46(45)50-54-48(34-15-6-4-7-16-34)53-49(55-50)35-17-8-5-9-18-35/h4-31H,1-2H3. The molecule has 0 saturated heterocycles. The Balaban J connectivity index is 1.18. The van der Waals surface area contributed by atoms with Crippen molar-refractivity contribution in [3.8, 4) is 67.5 Å². The number of hydrogen-bond acceptors (Lipinski definition) is 3. The Labute approximate surface area is 320 Å².